The third-order valence-corrected chi connectivity index (χ3v) is 3.08. The molecule has 0 amide bonds. The molecule has 0 aliphatic rings. The third kappa shape index (κ3) is 3.42. The van der Waals surface area contributed by atoms with E-state index >= 15 is 0 Å². The predicted octanol–water partition coefficient (Wildman–Crippen LogP) is 3.06. The molecule has 1 rings (SSSR count). The summed E-state index contributed by atoms with van der Waals surface area (Å²) in [5, 5.41) is 0. The smallest absolute Gasteiger partial charge is 0.147 e. The van der Waals surface area contributed by atoms with Gasteiger partial charge in [-0.05, 0) is 30.0 Å². The molecular formula is C10H10BrFOS. The number of hydrogen-bond donors (Lipinski definition) is 0. The minimum absolute atomic E-state index is 0.115. The van der Waals surface area contributed by atoms with Crippen LogP contribution in [0, 0.1) is 5.82 Å². The highest BCUT2D eigenvalue weighted by Crippen LogP contribution is 2.18. The van der Waals surface area contributed by atoms with Crippen molar-refractivity contribution in [2.75, 3.05) is 12.0 Å². The number of Topliss-reactive ketones (excluding diaryl/α,β-unsaturated/α-hetero) is 1. The zero-order chi connectivity index (χ0) is 10.6. The highest BCUT2D eigenvalue weighted by Gasteiger charge is 2.07. The van der Waals surface area contributed by atoms with Crippen LogP contribution in [0.5, 0.6) is 0 Å². The van der Waals surface area contributed by atoms with Crippen LogP contribution >= 0.6 is 27.7 Å². The maximum absolute atomic E-state index is 12.8. The van der Waals surface area contributed by atoms with Crippen LogP contribution in [0.25, 0.3) is 0 Å². The molecule has 0 saturated carbocycles. The van der Waals surface area contributed by atoms with Crippen molar-refractivity contribution < 1.29 is 9.18 Å². The third-order valence-electron chi connectivity index (χ3n) is 1.70. The summed E-state index contributed by atoms with van der Waals surface area (Å²) in [6, 6.07) is 4.38. The lowest BCUT2D eigenvalue weighted by Crippen LogP contribution is -2.06. The van der Waals surface area contributed by atoms with Gasteiger partial charge in [-0.3, -0.25) is 4.79 Å². The first kappa shape index (κ1) is 11.7. The highest BCUT2D eigenvalue weighted by molar-refractivity contribution is 9.10. The van der Waals surface area contributed by atoms with E-state index in [0.717, 1.165) is 4.47 Å². The monoisotopic (exact) mass is 276 g/mol. The number of hydrogen-bond acceptors (Lipinski definition) is 2. The standard InChI is InChI=1S/C10H10BrFOS/c1-14-6-9(13)5-7-4-8(12)2-3-10(7)11/h2-4H,5-6H2,1H3. The fourth-order valence-corrected chi connectivity index (χ4v) is 1.91. The average Bonchev–Trinajstić information content (AvgIpc) is 2.12. The van der Waals surface area contributed by atoms with E-state index in [-0.39, 0.29) is 11.6 Å². The molecule has 0 aliphatic heterocycles. The maximum atomic E-state index is 12.8. The normalized spacial score (nSPS) is 10.2. The van der Waals surface area contributed by atoms with Crippen molar-refractivity contribution in [3.05, 3.63) is 34.1 Å². The summed E-state index contributed by atoms with van der Waals surface area (Å²) in [5.41, 5.74) is 0.712. The van der Waals surface area contributed by atoms with Crippen molar-refractivity contribution in [1.29, 1.82) is 0 Å². The predicted molar refractivity (Wildman–Crippen MR) is 61.2 cm³/mol. The number of benzene rings is 1. The second kappa shape index (κ2) is 5.51. The van der Waals surface area contributed by atoms with Gasteiger partial charge in [0.1, 0.15) is 11.6 Å². The summed E-state index contributed by atoms with van der Waals surface area (Å²) < 4.78 is 13.6. The van der Waals surface area contributed by atoms with E-state index in [2.05, 4.69) is 15.9 Å². The fourth-order valence-electron chi connectivity index (χ4n) is 1.10. The Bertz CT molecular complexity index is 341. The van der Waals surface area contributed by atoms with Crippen LogP contribution in [0.15, 0.2) is 22.7 Å². The van der Waals surface area contributed by atoms with Gasteiger partial charge in [0, 0.05) is 10.9 Å². The van der Waals surface area contributed by atoms with Gasteiger partial charge in [0.05, 0.1) is 5.75 Å². The largest absolute Gasteiger partial charge is 0.298 e. The zero-order valence-electron chi connectivity index (χ0n) is 7.72. The molecule has 0 unspecified atom stereocenters. The molecule has 1 nitrogen and oxygen atoms in total. The SMILES string of the molecule is CSCC(=O)Cc1cc(F)ccc1Br. The van der Waals surface area contributed by atoms with Gasteiger partial charge in [-0.15, -0.1) is 0 Å². The first-order valence-corrected chi connectivity index (χ1v) is 6.26. The first-order valence-electron chi connectivity index (χ1n) is 4.08. The maximum Gasteiger partial charge on any atom is 0.147 e. The second-order valence-corrected chi connectivity index (χ2v) is 4.60. The lowest BCUT2D eigenvalue weighted by Gasteiger charge is -2.03. The molecule has 0 radical (unpaired) electrons. The Hall–Kier alpha value is -0.350. The van der Waals surface area contributed by atoms with Gasteiger partial charge in [0.15, 0.2) is 0 Å². The summed E-state index contributed by atoms with van der Waals surface area (Å²) >= 11 is 4.76. The Kier molecular flexibility index (Phi) is 4.62. The molecule has 1 aromatic rings. The lowest BCUT2D eigenvalue weighted by molar-refractivity contribution is -0.116. The van der Waals surface area contributed by atoms with Crippen LogP contribution in [0.2, 0.25) is 0 Å². The minimum atomic E-state index is -0.305. The quantitative estimate of drug-likeness (QED) is 0.841. The number of halogens is 2. The van der Waals surface area contributed by atoms with Gasteiger partial charge < -0.3 is 0 Å². The number of carbonyl (C=O) groups excluding carboxylic acids is 1. The van der Waals surface area contributed by atoms with E-state index in [0.29, 0.717) is 17.7 Å². The Balaban J connectivity index is 2.75. The van der Waals surface area contributed by atoms with E-state index in [1.807, 2.05) is 6.26 Å². The van der Waals surface area contributed by atoms with E-state index in [1.165, 1.54) is 23.9 Å². The molecule has 0 atom stereocenters. The molecule has 0 bridgehead atoms. The van der Waals surface area contributed by atoms with Gasteiger partial charge in [0.2, 0.25) is 0 Å². The Morgan fingerprint density at radius 1 is 1.57 bits per heavy atom. The van der Waals surface area contributed by atoms with E-state index in [9.17, 15) is 9.18 Å². The molecule has 0 aliphatic carbocycles. The number of rotatable bonds is 4. The van der Waals surface area contributed by atoms with Crippen molar-refractivity contribution in [1.82, 2.24) is 0 Å². The van der Waals surface area contributed by atoms with Crippen LogP contribution in [0.4, 0.5) is 4.39 Å². The zero-order valence-corrected chi connectivity index (χ0v) is 10.1. The molecule has 0 aromatic heterocycles. The summed E-state index contributed by atoms with van der Waals surface area (Å²) in [6.07, 6.45) is 2.16. The molecule has 0 fully saturated rings. The summed E-state index contributed by atoms with van der Waals surface area (Å²) in [7, 11) is 0. The second-order valence-electron chi connectivity index (χ2n) is 2.88. The van der Waals surface area contributed by atoms with Gasteiger partial charge in [-0.2, -0.15) is 11.8 Å². The van der Waals surface area contributed by atoms with Crippen LogP contribution < -0.4 is 0 Å². The Labute approximate surface area is 95.2 Å². The van der Waals surface area contributed by atoms with Crippen LogP contribution in [0.1, 0.15) is 5.56 Å². The van der Waals surface area contributed by atoms with Crippen LogP contribution in [0.3, 0.4) is 0 Å². The molecule has 1 aromatic carbocycles. The van der Waals surface area contributed by atoms with Crippen LogP contribution in [-0.4, -0.2) is 17.8 Å². The molecule has 0 N–H and O–H groups in total. The van der Waals surface area contributed by atoms with Crippen molar-refractivity contribution in [3.8, 4) is 0 Å². The molecule has 14 heavy (non-hydrogen) atoms. The van der Waals surface area contributed by atoms with E-state index < -0.39 is 0 Å². The number of thioether (sulfide) groups is 1. The van der Waals surface area contributed by atoms with Crippen molar-refractivity contribution in [2.45, 2.75) is 6.42 Å². The number of carbonyl (C=O) groups is 1. The fraction of sp³-hybridized carbons (Fsp3) is 0.300. The van der Waals surface area contributed by atoms with Crippen molar-refractivity contribution in [2.24, 2.45) is 0 Å². The molecule has 0 heterocycles. The summed E-state index contributed by atoms with van der Waals surface area (Å²) in [6.45, 7) is 0. The highest BCUT2D eigenvalue weighted by atomic mass is 79.9. The topological polar surface area (TPSA) is 17.1 Å². The Morgan fingerprint density at radius 2 is 2.29 bits per heavy atom. The van der Waals surface area contributed by atoms with Gasteiger partial charge in [-0.1, -0.05) is 15.9 Å². The molecule has 76 valence electrons. The minimum Gasteiger partial charge on any atom is -0.298 e. The molecule has 0 spiro atoms. The van der Waals surface area contributed by atoms with E-state index in [1.54, 1.807) is 6.07 Å². The van der Waals surface area contributed by atoms with Crippen molar-refractivity contribution >= 4 is 33.5 Å². The molecule has 4 heteroatoms. The number of ketones is 1. The van der Waals surface area contributed by atoms with E-state index in [4.69, 9.17) is 0 Å². The molecular weight excluding hydrogens is 267 g/mol. The van der Waals surface area contributed by atoms with Gasteiger partial charge >= 0.3 is 0 Å². The summed E-state index contributed by atoms with van der Waals surface area (Å²) in [5.74, 6) is 0.284. The average molecular weight is 277 g/mol. The Morgan fingerprint density at radius 3 is 2.93 bits per heavy atom. The van der Waals surface area contributed by atoms with Crippen molar-refractivity contribution in [3.63, 3.8) is 0 Å². The molecule has 0 saturated heterocycles. The first-order chi connectivity index (χ1) is 6.63. The van der Waals surface area contributed by atoms with Crippen LogP contribution in [-0.2, 0) is 11.2 Å². The van der Waals surface area contributed by atoms with Gasteiger partial charge in [0.25, 0.3) is 0 Å². The summed E-state index contributed by atoms with van der Waals surface area (Å²) in [4.78, 5) is 11.3. The van der Waals surface area contributed by atoms with Gasteiger partial charge in [-0.25, -0.2) is 4.39 Å². The lowest BCUT2D eigenvalue weighted by atomic mass is 10.1.